The van der Waals surface area contributed by atoms with Gasteiger partial charge in [-0.3, -0.25) is 0 Å². The molecule has 0 atom stereocenters. The van der Waals surface area contributed by atoms with Crippen LogP contribution in [-0.2, 0) is 19.0 Å². The van der Waals surface area contributed by atoms with Crippen LogP contribution in [0.25, 0.3) is 0 Å². The first-order chi connectivity index (χ1) is 6.15. The molecule has 0 saturated heterocycles. The Morgan fingerprint density at radius 2 is 2.00 bits per heavy atom. The molecule has 0 amide bonds. The number of carbonyl (C=O) groups is 1. The maximum atomic E-state index is 11.1. The van der Waals surface area contributed by atoms with Crippen molar-refractivity contribution in [2.45, 2.75) is 13.2 Å². The van der Waals surface area contributed by atoms with Gasteiger partial charge in [-0.05, 0) is 35.6 Å². The van der Waals surface area contributed by atoms with Gasteiger partial charge >= 0.3 is 5.97 Å². The van der Waals surface area contributed by atoms with Crippen molar-refractivity contribution in [3.8, 4) is 0 Å². The molecule has 0 unspecified atom stereocenters. The summed E-state index contributed by atoms with van der Waals surface area (Å²) in [5.41, 5.74) is 0. The van der Waals surface area contributed by atoms with Gasteiger partial charge in [0.15, 0.2) is 6.29 Å². The number of rotatable bonds is 5. The molecule has 0 fully saturated rings. The van der Waals surface area contributed by atoms with Crippen LogP contribution in [-0.4, -0.2) is 33.1 Å². The predicted octanol–water partition coefficient (Wildman–Crippen LogP) is 1.49. The lowest BCUT2D eigenvalue weighted by Gasteiger charge is -2.08. The number of hydrogen-bond donors (Lipinski definition) is 0. The van der Waals surface area contributed by atoms with Gasteiger partial charge in [0, 0.05) is 14.2 Å². The maximum absolute atomic E-state index is 11.1. The maximum Gasteiger partial charge on any atom is 0.344 e. The molecule has 5 heteroatoms. The number of halogens is 1. The molecule has 0 aromatic rings. The summed E-state index contributed by atoms with van der Waals surface area (Å²) in [4.78, 5) is 11.1. The van der Waals surface area contributed by atoms with Crippen LogP contribution in [0.3, 0.4) is 0 Å². The Balaban J connectivity index is 4.20. The molecule has 4 nitrogen and oxygen atoms in total. The van der Waals surface area contributed by atoms with E-state index in [2.05, 4.69) is 0 Å². The van der Waals surface area contributed by atoms with Crippen LogP contribution in [0.4, 0.5) is 0 Å². The van der Waals surface area contributed by atoms with Gasteiger partial charge in [0.25, 0.3) is 0 Å². The van der Waals surface area contributed by atoms with Crippen LogP contribution in [0.15, 0.2) is 9.66 Å². The molecule has 0 heterocycles. The van der Waals surface area contributed by atoms with E-state index in [0.29, 0.717) is 10.2 Å². The van der Waals surface area contributed by atoms with E-state index in [0.717, 1.165) is 0 Å². The van der Waals surface area contributed by atoms with E-state index in [4.69, 9.17) is 14.2 Å². The smallest absolute Gasteiger partial charge is 0.344 e. The Kier molecular flexibility index (Phi) is 7.20. The highest BCUT2D eigenvalue weighted by Crippen LogP contribution is 2.10. The quantitative estimate of drug-likeness (QED) is 0.334. The molecule has 0 aromatic heterocycles. The van der Waals surface area contributed by atoms with Crippen LogP contribution in [0, 0.1) is 0 Å². The van der Waals surface area contributed by atoms with Gasteiger partial charge in [-0.2, -0.15) is 0 Å². The minimum atomic E-state index is -0.503. The van der Waals surface area contributed by atoms with Crippen LogP contribution >= 0.6 is 22.6 Å². The molecule has 0 spiro atoms. The summed E-state index contributed by atoms with van der Waals surface area (Å²) in [6.07, 6.45) is 1.05. The summed E-state index contributed by atoms with van der Waals surface area (Å²) in [5, 5.41) is 0. The molecular formula is C8H13IO4. The van der Waals surface area contributed by atoms with Gasteiger partial charge in [-0.1, -0.05) is 0 Å². The molecule has 0 N–H and O–H groups in total. The zero-order chi connectivity index (χ0) is 10.3. The summed E-state index contributed by atoms with van der Waals surface area (Å²) in [6.45, 7) is 2.12. The average Bonchev–Trinajstić information content (AvgIpc) is 2.14. The topological polar surface area (TPSA) is 44.8 Å². The first-order valence-corrected chi connectivity index (χ1v) is 4.83. The van der Waals surface area contributed by atoms with Crippen LogP contribution < -0.4 is 0 Å². The third-order valence-electron chi connectivity index (χ3n) is 1.22. The van der Waals surface area contributed by atoms with Gasteiger partial charge in [0.1, 0.15) is 0 Å². The second kappa shape index (κ2) is 7.28. The van der Waals surface area contributed by atoms with Gasteiger partial charge in [0.05, 0.1) is 10.2 Å². The van der Waals surface area contributed by atoms with Gasteiger partial charge in [-0.15, -0.1) is 0 Å². The van der Waals surface area contributed by atoms with E-state index in [1.807, 2.05) is 22.6 Å². The van der Waals surface area contributed by atoms with Crippen molar-refractivity contribution in [3.63, 3.8) is 0 Å². The highest BCUT2D eigenvalue weighted by Gasteiger charge is 2.09. The molecule has 0 saturated carbocycles. The van der Waals surface area contributed by atoms with Gasteiger partial charge in [-0.25, -0.2) is 4.79 Å². The Bertz CT molecular complexity index is 187. The Hall–Kier alpha value is -0.140. The van der Waals surface area contributed by atoms with Gasteiger partial charge in [0.2, 0.25) is 0 Å². The van der Waals surface area contributed by atoms with E-state index >= 15 is 0 Å². The third kappa shape index (κ3) is 5.22. The number of hydrogen-bond acceptors (Lipinski definition) is 4. The minimum absolute atomic E-state index is 0.359. The van der Waals surface area contributed by atoms with E-state index in [1.165, 1.54) is 14.2 Å². The molecule has 0 aliphatic rings. The minimum Gasteiger partial charge on any atom is -0.462 e. The fourth-order valence-corrected chi connectivity index (χ4v) is 1.07. The number of ether oxygens (including phenoxy) is 3. The first kappa shape index (κ1) is 12.9. The van der Waals surface area contributed by atoms with E-state index in [1.54, 1.807) is 13.0 Å². The summed E-state index contributed by atoms with van der Waals surface area (Å²) in [5.74, 6) is -0.359. The Morgan fingerprint density at radius 1 is 1.46 bits per heavy atom. The van der Waals surface area contributed by atoms with Crippen molar-refractivity contribution in [2.24, 2.45) is 0 Å². The first-order valence-electron chi connectivity index (χ1n) is 3.75. The lowest BCUT2D eigenvalue weighted by molar-refractivity contribution is -0.137. The highest BCUT2D eigenvalue weighted by molar-refractivity contribution is 14.1. The largest absolute Gasteiger partial charge is 0.462 e. The Labute approximate surface area is 91.4 Å². The molecule has 13 heavy (non-hydrogen) atoms. The van der Waals surface area contributed by atoms with E-state index < -0.39 is 6.29 Å². The third-order valence-corrected chi connectivity index (χ3v) is 2.02. The van der Waals surface area contributed by atoms with E-state index in [9.17, 15) is 4.79 Å². The molecule has 76 valence electrons. The van der Waals surface area contributed by atoms with Crippen molar-refractivity contribution in [3.05, 3.63) is 9.66 Å². The zero-order valence-corrected chi connectivity index (χ0v) is 10.0. The van der Waals surface area contributed by atoms with Crippen molar-refractivity contribution in [1.82, 2.24) is 0 Å². The molecule has 0 aromatic carbocycles. The monoisotopic (exact) mass is 300 g/mol. The predicted molar refractivity (Wildman–Crippen MR) is 56.5 cm³/mol. The fraction of sp³-hybridized carbons (Fsp3) is 0.625. The summed E-state index contributed by atoms with van der Waals surface area (Å²) >= 11 is 1.88. The van der Waals surface area contributed by atoms with Crippen molar-refractivity contribution in [2.75, 3.05) is 20.8 Å². The van der Waals surface area contributed by atoms with Crippen molar-refractivity contribution in [1.29, 1.82) is 0 Å². The summed E-state index contributed by atoms with van der Waals surface area (Å²) < 4.78 is 15.0. The van der Waals surface area contributed by atoms with Crippen molar-refractivity contribution < 1.29 is 19.0 Å². The molecular weight excluding hydrogens is 287 g/mol. The van der Waals surface area contributed by atoms with Crippen molar-refractivity contribution >= 4 is 28.6 Å². The standard InChI is InChI=1S/C8H13IO4/c1-4-13-8(10)6(9)5-7(11-2)12-3/h5,7H,4H2,1-3H3/b6-5-. The number of methoxy groups -OCH3 is 2. The molecule has 0 bridgehead atoms. The van der Waals surface area contributed by atoms with Gasteiger partial charge < -0.3 is 14.2 Å². The van der Waals surface area contributed by atoms with Crippen LogP contribution in [0.5, 0.6) is 0 Å². The summed E-state index contributed by atoms with van der Waals surface area (Å²) in [7, 11) is 3.00. The van der Waals surface area contributed by atoms with Crippen LogP contribution in [0.1, 0.15) is 6.92 Å². The Morgan fingerprint density at radius 3 is 2.38 bits per heavy atom. The second-order valence-corrected chi connectivity index (χ2v) is 3.24. The summed E-state index contributed by atoms with van der Waals surface area (Å²) in [6, 6.07) is 0. The lowest BCUT2D eigenvalue weighted by Crippen LogP contribution is -2.12. The molecule has 0 rings (SSSR count). The fourth-order valence-electron chi connectivity index (χ4n) is 0.620. The lowest BCUT2D eigenvalue weighted by atomic mass is 10.5. The molecule has 0 aliphatic carbocycles. The van der Waals surface area contributed by atoms with E-state index in [-0.39, 0.29) is 5.97 Å². The average molecular weight is 300 g/mol. The SMILES string of the molecule is CCOC(=O)/C(I)=C/C(OC)OC. The number of esters is 1. The molecule has 0 radical (unpaired) electrons. The van der Waals surface area contributed by atoms with Crippen LogP contribution in [0.2, 0.25) is 0 Å². The normalized spacial score (nSPS) is 11.9. The number of carbonyl (C=O) groups excluding carboxylic acids is 1. The molecule has 0 aliphatic heterocycles. The zero-order valence-electron chi connectivity index (χ0n) is 7.87. The second-order valence-electron chi connectivity index (χ2n) is 2.07. The highest BCUT2D eigenvalue weighted by atomic mass is 127.